The second kappa shape index (κ2) is 7.06. The fourth-order valence-electron chi connectivity index (χ4n) is 3.85. The molecule has 2 aliphatic rings. The standard InChI is InChI=1S/C19H22FN3O2/c20-17-3-1-7-22-18(17)25-16-11-19(24-13-16)6-2-10-23(14-19)12-15-4-8-21-9-5-15/h1,3-5,7-9,16H,2,6,10-14H2/t16-,19-/m0/s1. The van der Waals surface area contributed by atoms with Crippen LogP contribution in [0.5, 0.6) is 5.88 Å². The third kappa shape index (κ3) is 3.80. The van der Waals surface area contributed by atoms with Crippen molar-refractivity contribution < 1.29 is 13.9 Å². The molecule has 132 valence electrons. The van der Waals surface area contributed by atoms with E-state index in [4.69, 9.17) is 9.47 Å². The number of hydrogen-bond acceptors (Lipinski definition) is 5. The molecule has 0 saturated carbocycles. The summed E-state index contributed by atoms with van der Waals surface area (Å²) in [5, 5.41) is 0. The number of hydrogen-bond donors (Lipinski definition) is 0. The topological polar surface area (TPSA) is 47.5 Å². The first-order chi connectivity index (χ1) is 12.2. The van der Waals surface area contributed by atoms with Crippen LogP contribution >= 0.6 is 0 Å². The lowest BCUT2D eigenvalue weighted by molar-refractivity contribution is -0.0538. The molecule has 0 bridgehead atoms. The molecule has 25 heavy (non-hydrogen) atoms. The Balaban J connectivity index is 1.38. The molecule has 2 fully saturated rings. The first-order valence-corrected chi connectivity index (χ1v) is 8.75. The number of rotatable bonds is 4. The summed E-state index contributed by atoms with van der Waals surface area (Å²) in [6.45, 7) is 3.32. The molecule has 0 unspecified atom stereocenters. The van der Waals surface area contributed by atoms with E-state index in [-0.39, 0.29) is 17.6 Å². The summed E-state index contributed by atoms with van der Waals surface area (Å²) in [6.07, 6.45) is 7.93. The Kier molecular flexibility index (Phi) is 4.63. The fourth-order valence-corrected chi connectivity index (χ4v) is 3.85. The first-order valence-electron chi connectivity index (χ1n) is 8.75. The number of piperidine rings is 1. The van der Waals surface area contributed by atoms with Gasteiger partial charge in [0.05, 0.1) is 12.2 Å². The minimum absolute atomic E-state index is 0.0672. The lowest BCUT2D eigenvalue weighted by atomic mass is 9.89. The third-order valence-electron chi connectivity index (χ3n) is 4.95. The Morgan fingerprint density at radius 3 is 3.00 bits per heavy atom. The minimum Gasteiger partial charge on any atom is -0.470 e. The molecule has 0 aromatic carbocycles. The van der Waals surface area contributed by atoms with Crippen LogP contribution in [-0.2, 0) is 11.3 Å². The summed E-state index contributed by atoms with van der Waals surface area (Å²) >= 11 is 0. The highest BCUT2D eigenvalue weighted by molar-refractivity contribution is 5.14. The molecule has 4 heterocycles. The lowest BCUT2D eigenvalue weighted by Gasteiger charge is -2.39. The maximum atomic E-state index is 13.7. The van der Waals surface area contributed by atoms with E-state index in [1.165, 1.54) is 11.6 Å². The second-order valence-corrected chi connectivity index (χ2v) is 6.90. The molecule has 1 spiro atoms. The minimum atomic E-state index is -0.425. The van der Waals surface area contributed by atoms with Crippen molar-refractivity contribution >= 4 is 0 Å². The summed E-state index contributed by atoms with van der Waals surface area (Å²) in [4.78, 5) is 10.5. The van der Waals surface area contributed by atoms with E-state index in [0.29, 0.717) is 6.61 Å². The van der Waals surface area contributed by atoms with Gasteiger partial charge < -0.3 is 9.47 Å². The highest BCUT2D eigenvalue weighted by Crippen LogP contribution is 2.36. The van der Waals surface area contributed by atoms with Crippen LogP contribution in [0.1, 0.15) is 24.8 Å². The molecule has 2 aliphatic heterocycles. The number of aromatic nitrogens is 2. The number of nitrogens with zero attached hydrogens (tertiary/aromatic N) is 3. The van der Waals surface area contributed by atoms with Crippen molar-refractivity contribution in [2.45, 2.75) is 37.5 Å². The van der Waals surface area contributed by atoms with Crippen LogP contribution in [-0.4, -0.2) is 46.3 Å². The van der Waals surface area contributed by atoms with Crippen molar-refractivity contribution in [2.75, 3.05) is 19.7 Å². The highest BCUT2D eigenvalue weighted by Gasteiger charge is 2.44. The van der Waals surface area contributed by atoms with Crippen molar-refractivity contribution in [3.05, 3.63) is 54.2 Å². The molecule has 0 radical (unpaired) electrons. The predicted octanol–water partition coefficient (Wildman–Crippen LogP) is 2.82. The Bertz CT molecular complexity index is 715. The molecule has 0 aliphatic carbocycles. The average molecular weight is 343 g/mol. The zero-order valence-electron chi connectivity index (χ0n) is 14.1. The number of ether oxygens (including phenoxy) is 2. The van der Waals surface area contributed by atoms with Gasteiger partial charge in [-0.25, -0.2) is 9.37 Å². The average Bonchev–Trinajstić information content (AvgIpc) is 3.00. The van der Waals surface area contributed by atoms with Gasteiger partial charge in [0.15, 0.2) is 5.82 Å². The molecule has 2 atom stereocenters. The monoisotopic (exact) mass is 343 g/mol. The van der Waals surface area contributed by atoms with Gasteiger partial charge in [-0.05, 0) is 49.2 Å². The van der Waals surface area contributed by atoms with Crippen molar-refractivity contribution in [3.63, 3.8) is 0 Å². The van der Waals surface area contributed by atoms with E-state index in [2.05, 4.69) is 14.9 Å². The van der Waals surface area contributed by atoms with Crippen LogP contribution in [0.3, 0.4) is 0 Å². The molecule has 2 aromatic heterocycles. The van der Waals surface area contributed by atoms with Crippen molar-refractivity contribution in [1.29, 1.82) is 0 Å². The van der Waals surface area contributed by atoms with Gasteiger partial charge in [0.1, 0.15) is 6.10 Å². The normalized spacial score (nSPS) is 26.8. The second-order valence-electron chi connectivity index (χ2n) is 6.90. The van der Waals surface area contributed by atoms with Gasteiger partial charge in [0.2, 0.25) is 0 Å². The molecule has 6 heteroatoms. The van der Waals surface area contributed by atoms with E-state index in [1.807, 2.05) is 24.5 Å². The summed E-state index contributed by atoms with van der Waals surface area (Å²) in [5.41, 5.74) is 1.06. The van der Waals surface area contributed by atoms with Crippen LogP contribution in [0.15, 0.2) is 42.9 Å². The largest absolute Gasteiger partial charge is 0.470 e. The zero-order chi connectivity index (χ0) is 17.1. The zero-order valence-corrected chi connectivity index (χ0v) is 14.1. The smallest absolute Gasteiger partial charge is 0.250 e. The third-order valence-corrected chi connectivity index (χ3v) is 4.95. The van der Waals surface area contributed by atoms with Gasteiger partial charge >= 0.3 is 0 Å². The van der Waals surface area contributed by atoms with E-state index in [9.17, 15) is 4.39 Å². The summed E-state index contributed by atoms with van der Waals surface area (Å²) in [6, 6.07) is 7.02. The highest BCUT2D eigenvalue weighted by atomic mass is 19.1. The van der Waals surface area contributed by atoms with Crippen LogP contribution in [0, 0.1) is 5.82 Å². The Hall–Kier alpha value is -2.05. The van der Waals surface area contributed by atoms with Crippen LogP contribution < -0.4 is 4.74 Å². The number of pyridine rings is 2. The first kappa shape index (κ1) is 16.4. The fraction of sp³-hybridized carbons (Fsp3) is 0.474. The Morgan fingerprint density at radius 1 is 1.28 bits per heavy atom. The van der Waals surface area contributed by atoms with Gasteiger partial charge in [-0.3, -0.25) is 9.88 Å². The SMILES string of the molecule is Fc1cccnc1O[C@@H]1CO[C@@]2(CCCN(Cc3ccncc3)C2)C1. The van der Waals surface area contributed by atoms with Crippen molar-refractivity contribution in [1.82, 2.24) is 14.9 Å². The molecule has 0 N–H and O–H groups in total. The Morgan fingerprint density at radius 2 is 2.16 bits per heavy atom. The van der Waals surface area contributed by atoms with Gasteiger partial charge in [0, 0.05) is 38.1 Å². The van der Waals surface area contributed by atoms with E-state index >= 15 is 0 Å². The summed E-state index contributed by atoms with van der Waals surface area (Å²) < 4.78 is 25.6. The lowest BCUT2D eigenvalue weighted by Crippen LogP contribution is -2.47. The van der Waals surface area contributed by atoms with Gasteiger partial charge in [0.25, 0.3) is 5.88 Å². The van der Waals surface area contributed by atoms with Crippen LogP contribution in [0.25, 0.3) is 0 Å². The van der Waals surface area contributed by atoms with Crippen molar-refractivity contribution in [2.24, 2.45) is 0 Å². The van der Waals surface area contributed by atoms with Gasteiger partial charge in [-0.2, -0.15) is 0 Å². The van der Waals surface area contributed by atoms with E-state index in [0.717, 1.165) is 38.9 Å². The molecule has 2 aromatic rings. The van der Waals surface area contributed by atoms with Crippen LogP contribution in [0.4, 0.5) is 4.39 Å². The van der Waals surface area contributed by atoms with Crippen LogP contribution in [0.2, 0.25) is 0 Å². The quantitative estimate of drug-likeness (QED) is 0.854. The molecule has 0 amide bonds. The number of halogens is 1. The predicted molar refractivity (Wildman–Crippen MR) is 90.7 cm³/mol. The van der Waals surface area contributed by atoms with Crippen molar-refractivity contribution in [3.8, 4) is 5.88 Å². The summed E-state index contributed by atoms with van der Waals surface area (Å²) in [7, 11) is 0. The maximum Gasteiger partial charge on any atom is 0.250 e. The number of likely N-dealkylation sites (tertiary alicyclic amines) is 1. The molecule has 5 nitrogen and oxygen atoms in total. The van der Waals surface area contributed by atoms with E-state index in [1.54, 1.807) is 12.3 Å². The molecular formula is C19H22FN3O2. The maximum absolute atomic E-state index is 13.7. The van der Waals surface area contributed by atoms with E-state index < -0.39 is 5.82 Å². The molecule has 2 saturated heterocycles. The molecular weight excluding hydrogens is 321 g/mol. The molecule has 4 rings (SSSR count). The van der Waals surface area contributed by atoms with Gasteiger partial charge in [-0.15, -0.1) is 0 Å². The van der Waals surface area contributed by atoms with Gasteiger partial charge in [-0.1, -0.05) is 0 Å². The summed E-state index contributed by atoms with van der Waals surface area (Å²) in [5.74, 6) is -0.357. The Labute approximate surface area is 146 Å².